The van der Waals surface area contributed by atoms with E-state index in [4.69, 9.17) is 0 Å². The number of amides is 1. The minimum atomic E-state index is -3.81. The van der Waals surface area contributed by atoms with Gasteiger partial charge in [0.25, 0.3) is 10.0 Å². The molecule has 0 unspecified atom stereocenters. The van der Waals surface area contributed by atoms with E-state index in [-0.39, 0.29) is 17.3 Å². The van der Waals surface area contributed by atoms with Gasteiger partial charge < -0.3 is 9.47 Å². The molecule has 1 fully saturated rings. The number of nitrogens with one attached hydrogen (secondary N) is 1. The predicted octanol–water partition coefficient (Wildman–Crippen LogP) is 3.91. The van der Waals surface area contributed by atoms with Gasteiger partial charge in [-0.1, -0.05) is 19.1 Å². The number of rotatable bonds is 7. The number of hydrogen-bond acceptors (Lipinski definition) is 5. The summed E-state index contributed by atoms with van der Waals surface area (Å²) in [5.41, 5.74) is 3.13. The molecule has 2 aromatic heterocycles. The number of thiazole rings is 1. The van der Waals surface area contributed by atoms with Gasteiger partial charge in [0, 0.05) is 36.0 Å². The Hall–Kier alpha value is -2.65. The summed E-state index contributed by atoms with van der Waals surface area (Å²) in [6.45, 7) is 5.54. The second-order valence-electron chi connectivity index (χ2n) is 7.73. The Morgan fingerprint density at radius 1 is 1.19 bits per heavy atom. The highest BCUT2D eigenvalue weighted by Gasteiger charge is 2.24. The topological polar surface area (TPSA) is 84.3 Å². The highest BCUT2D eigenvalue weighted by atomic mass is 32.2. The summed E-state index contributed by atoms with van der Waals surface area (Å²) in [5, 5.41) is 2.61. The molecule has 9 heteroatoms. The van der Waals surface area contributed by atoms with Crippen LogP contribution in [0.2, 0.25) is 0 Å². The molecular formula is C22H26N4O3S2. The fraction of sp³-hybridized carbons (Fsp3) is 0.364. The van der Waals surface area contributed by atoms with Crippen LogP contribution < -0.4 is 4.72 Å². The Morgan fingerprint density at radius 2 is 1.90 bits per heavy atom. The molecule has 0 aliphatic carbocycles. The third-order valence-corrected chi connectivity index (χ3v) is 7.73. The van der Waals surface area contributed by atoms with E-state index in [0.717, 1.165) is 43.6 Å². The van der Waals surface area contributed by atoms with Crippen LogP contribution in [0.15, 0.2) is 46.8 Å². The highest BCUT2D eigenvalue weighted by Crippen LogP contribution is 2.29. The molecule has 0 spiro atoms. The number of aromatic nitrogens is 2. The first-order valence-electron chi connectivity index (χ1n) is 10.4. The lowest BCUT2D eigenvalue weighted by atomic mass is 10.2. The Bertz CT molecular complexity index is 1170. The maximum atomic E-state index is 13.1. The van der Waals surface area contributed by atoms with E-state index in [9.17, 15) is 13.2 Å². The maximum absolute atomic E-state index is 13.1. The standard InChI is InChI=1S/C22H26N4O3S2/c1-3-17-6-8-18(9-7-17)24-31(28,29)19-12-20(22-23-16(2)15-30-22)26(13-19)14-21(27)25-10-4-5-11-25/h6-9,12-13,15,24H,3-5,10-11,14H2,1-2H3. The minimum absolute atomic E-state index is 0.00492. The molecule has 1 aliphatic rings. The van der Waals surface area contributed by atoms with Crippen LogP contribution in [0.4, 0.5) is 5.69 Å². The Morgan fingerprint density at radius 3 is 2.52 bits per heavy atom. The Labute approximate surface area is 186 Å². The van der Waals surface area contributed by atoms with Crippen molar-refractivity contribution >= 4 is 33.0 Å². The molecule has 1 aliphatic heterocycles. The SMILES string of the molecule is CCc1ccc(NS(=O)(=O)c2cc(-c3nc(C)cs3)n(CC(=O)N3CCCC3)c2)cc1. The van der Waals surface area contributed by atoms with Crippen LogP contribution in [-0.2, 0) is 27.8 Å². The highest BCUT2D eigenvalue weighted by molar-refractivity contribution is 7.92. The fourth-order valence-electron chi connectivity index (χ4n) is 3.65. The van der Waals surface area contributed by atoms with Gasteiger partial charge in [0.2, 0.25) is 5.91 Å². The summed E-state index contributed by atoms with van der Waals surface area (Å²) in [4.78, 5) is 19.2. The first kappa shape index (κ1) is 21.6. The number of carbonyl (C=O) groups excluding carboxylic acids is 1. The van der Waals surface area contributed by atoms with Gasteiger partial charge in [0.15, 0.2) is 0 Å². The number of nitrogens with zero attached hydrogens (tertiary/aromatic N) is 3. The van der Waals surface area contributed by atoms with E-state index in [0.29, 0.717) is 16.4 Å². The van der Waals surface area contributed by atoms with Crippen molar-refractivity contribution in [2.45, 2.75) is 44.6 Å². The van der Waals surface area contributed by atoms with Crippen molar-refractivity contribution in [1.29, 1.82) is 0 Å². The van der Waals surface area contributed by atoms with E-state index in [2.05, 4.69) is 9.71 Å². The maximum Gasteiger partial charge on any atom is 0.263 e. The summed E-state index contributed by atoms with van der Waals surface area (Å²) >= 11 is 1.44. The van der Waals surface area contributed by atoms with Crippen LogP contribution in [-0.4, -0.2) is 41.9 Å². The predicted molar refractivity (Wildman–Crippen MR) is 123 cm³/mol. The van der Waals surface area contributed by atoms with Gasteiger partial charge in [-0.3, -0.25) is 9.52 Å². The lowest BCUT2D eigenvalue weighted by Gasteiger charge is -2.16. The van der Waals surface area contributed by atoms with E-state index in [1.165, 1.54) is 17.5 Å². The average Bonchev–Trinajstić information content (AvgIpc) is 3.49. The summed E-state index contributed by atoms with van der Waals surface area (Å²) in [6.07, 6.45) is 4.44. The summed E-state index contributed by atoms with van der Waals surface area (Å²) in [7, 11) is -3.81. The first-order valence-corrected chi connectivity index (χ1v) is 12.7. The largest absolute Gasteiger partial charge is 0.341 e. The number of aryl methyl sites for hydroxylation is 2. The van der Waals surface area contributed by atoms with Crippen LogP contribution in [0.3, 0.4) is 0 Å². The van der Waals surface area contributed by atoms with Crippen molar-refractivity contribution in [3.63, 3.8) is 0 Å². The lowest BCUT2D eigenvalue weighted by Crippen LogP contribution is -2.31. The van der Waals surface area contributed by atoms with Crippen LogP contribution in [0.5, 0.6) is 0 Å². The number of benzene rings is 1. The quantitative estimate of drug-likeness (QED) is 0.582. The molecule has 1 N–H and O–H groups in total. The van der Waals surface area contributed by atoms with E-state index < -0.39 is 10.0 Å². The van der Waals surface area contributed by atoms with Gasteiger partial charge in [0.05, 0.1) is 5.69 Å². The minimum Gasteiger partial charge on any atom is -0.341 e. The van der Waals surface area contributed by atoms with Crippen molar-refractivity contribution in [3.05, 3.63) is 53.2 Å². The zero-order chi connectivity index (χ0) is 22.0. The molecule has 164 valence electrons. The molecule has 0 atom stereocenters. The van der Waals surface area contributed by atoms with Crippen LogP contribution in [0.1, 0.15) is 31.0 Å². The summed E-state index contributed by atoms with van der Waals surface area (Å²) < 4.78 is 30.5. The molecule has 1 amide bonds. The second-order valence-corrected chi connectivity index (χ2v) is 10.3. The molecule has 0 radical (unpaired) electrons. The van der Waals surface area contributed by atoms with Gasteiger partial charge in [-0.2, -0.15) is 0 Å². The molecule has 3 aromatic rings. The smallest absolute Gasteiger partial charge is 0.263 e. The van der Waals surface area contributed by atoms with E-state index in [1.54, 1.807) is 22.8 Å². The van der Waals surface area contributed by atoms with Crippen molar-refractivity contribution < 1.29 is 13.2 Å². The molecular weight excluding hydrogens is 432 g/mol. The van der Waals surface area contributed by atoms with Gasteiger partial charge in [-0.05, 0) is 49.9 Å². The van der Waals surface area contributed by atoms with E-state index in [1.807, 2.05) is 36.3 Å². The number of anilines is 1. The van der Waals surface area contributed by atoms with E-state index >= 15 is 0 Å². The molecule has 31 heavy (non-hydrogen) atoms. The van der Waals surface area contributed by atoms with Crippen molar-refractivity contribution in [3.8, 4) is 10.7 Å². The first-order chi connectivity index (χ1) is 14.9. The van der Waals surface area contributed by atoms with Crippen molar-refractivity contribution in [2.75, 3.05) is 17.8 Å². The average molecular weight is 459 g/mol. The number of sulfonamides is 1. The van der Waals surface area contributed by atoms with Gasteiger partial charge >= 0.3 is 0 Å². The molecule has 7 nitrogen and oxygen atoms in total. The van der Waals surface area contributed by atoms with Crippen LogP contribution in [0, 0.1) is 6.92 Å². The molecule has 4 rings (SSSR count). The monoisotopic (exact) mass is 458 g/mol. The molecule has 3 heterocycles. The van der Waals surface area contributed by atoms with Crippen LogP contribution in [0.25, 0.3) is 10.7 Å². The molecule has 1 saturated heterocycles. The molecule has 0 bridgehead atoms. The Kier molecular flexibility index (Phi) is 6.15. The normalized spacial score (nSPS) is 14.2. The van der Waals surface area contributed by atoms with Crippen molar-refractivity contribution in [1.82, 2.24) is 14.5 Å². The molecule has 0 saturated carbocycles. The number of carbonyl (C=O) groups is 1. The number of likely N-dealkylation sites (tertiary alicyclic amines) is 1. The summed E-state index contributed by atoms with van der Waals surface area (Å²) in [6, 6.07) is 8.92. The third-order valence-electron chi connectivity index (χ3n) is 5.40. The second kappa shape index (κ2) is 8.84. The Balaban J connectivity index is 1.65. The van der Waals surface area contributed by atoms with Gasteiger partial charge in [0.1, 0.15) is 16.4 Å². The lowest BCUT2D eigenvalue weighted by molar-refractivity contribution is -0.130. The zero-order valence-electron chi connectivity index (χ0n) is 17.7. The number of hydrogen-bond donors (Lipinski definition) is 1. The van der Waals surface area contributed by atoms with Crippen molar-refractivity contribution in [2.24, 2.45) is 0 Å². The summed E-state index contributed by atoms with van der Waals surface area (Å²) in [5.74, 6) is -0.00492. The van der Waals surface area contributed by atoms with Crippen LogP contribution >= 0.6 is 11.3 Å². The fourth-order valence-corrected chi connectivity index (χ4v) is 5.57. The van der Waals surface area contributed by atoms with Gasteiger partial charge in [-0.25, -0.2) is 13.4 Å². The van der Waals surface area contributed by atoms with Gasteiger partial charge in [-0.15, -0.1) is 11.3 Å². The molecule has 1 aromatic carbocycles. The zero-order valence-corrected chi connectivity index (χ0v) is 19.3. The third kappa shape index (κ3) is 4.83.